The molecule has 0 aromatic rings. The fraction of sp³-hybridized carbons (Fsp3) is 0.375. The van der Waals surface area contributed by atoms with Gasteiger partial charge in [0.15, 0.2) is 5.57 Å². The lowest BCUT2D eigenvalue weighted by Gasteiger charge is -2.04. The molecule has 0 radical (unpaired) electrons. The number of carbonyl (C=O) groups is 3. The van der Waals surface area contributed by atoms with E-state index in [-0.39, 0.29) is 0 Å². The van der Waals surface area contributed by atoms with Crippen LogP contribution in [0.5, 0.6) is 0 Å². The number of cyclic esters (lactones) is 1. The molecule has 0 aromatic heterocycles. The first kappa shape index (κ1) is 11.2. The number of methoxy groups -OCH3 is 2. The summed E-state index contributed by atoms with van der Waals surface area (Å²) in [7, 11) is 2.07. The lowest BCUT2D eigenvalue weighted by atomic mass is 10.1. The predicted molar refractivity (Wildman–Crippen MR) is 43.2 cm³/mol. The Morgan fingerprint density at radius 3 is 2.27 bits per heavy atom. The van der Waals surface area contributed by atoms with Crippen LogP contribution >= 0.6 is 0 Å². The van der Waals surface area contributed by atoms with E-state index in [9.17, 15) is 14.4 Å². The molecule has 0 fully saturated rings. The van der Waals surface area contributed by atoms with Crippen LogP contribution in [-0.2, 0) is 28.6 Å². The largest absolute Gasteiger partial charge is 0.465 e. The topological polar surface area (TPSA) is 99.1 Å². The minimum Gasteiger partial charge on any atom is -0.465 e. The maximum Gasteiger partial charge on any atom is 0.348 e. The van der Waals surface area contributed by atoms with Gasteiger partial charge in [-0.05, 0) is 0 Å². The van der Waals surface area contributed by atoms with Gasteiger partial charge in [-0.1, -0.05) is 0 Å². The van der Waals surface area contributed by atoms with Crippen molar-refractivity contribution in [3.8, 4) is 0 Å². The van der Waals surface area contributed by atoms with E-state index in [1.807, 2.05) is 0 Å². The Morgan fingerprint density at radius 1 is 1.27 bits per heavy atom. The SMILES string of the molecule is COC(=O)C1=C(C(=O)OC)[C@H](O)OC1=O. The van der Waals surface area contributed by atoms with E-state index >= 15 is 0 Å². The maximum absolute atomic E-state index is 11.1. The number of ether oxygens (including phenoxy) is 3. The monoisotopic (exact) mass is 216 g/mol. The lowest BCUT2D eigenvalue weighted by Crippen LogP contribution is -2.19. The molecule has 7 heteroatoms. The molecule has 1 N–H and O–H groups in total. The lowest BCUT2D eigenvalue weighted by molar-refractivity contribution is -0.155. The Morgan fingerprint density at radius 2 is 1.80 bits per heavy atom. The smallest absolute Gasteiger partial charge is 0.348 e. The Hall–Kier alpha value is -1.89. The van der Waals surface area contributed by atoms with Gasteiger partial charge in [-0.2, -0.15) is 0 Å². The molecule has 1 atom stereocenters. The van der Waals surface area contributed by atoms with Crippen molar-refractivity contribution < 1.29 is 33.7 Å². The van der Waals surface area contributed by atoms with E-state index in [0.29, 0.717) is 0 Å². The van der Waals surface area contributed by atoms with Crippen molar-refractivity contribution in [3.05, 3.63) is 11.1 Å². The highest BCUT2D eigenvalue weighted by atomic mass is 16.6. The molecule has 0 saturated carbocycles. The van der Waals surface area contributed by atoms with Crippen molar-refractivity contribution in [2.45, 2.75) is 6.29 Å². The molecule has 82 valence electrons. The fourth-order valence-corrected chi connectivity index (χ4v) is 1.06. The molecule has 0 spiro atoms. The number of esters is 3. The zero-order valence-electron chi connectivity index (χ0n) is 7.97. The van der Waals surface area contributed by atoms with Crippen LogP contribution in [0, 0.1) is 0 Å². The third-order valence-electron chi connectivity index (χ3n) is 1.73. The van der Waals surface area contributed by atoms with Crippen molar-refractivity contribution in [1.82, 2.24) is 0 Å². The molecule has 0 bridgehead atoms. The van der Waals surface area contributed by atoms with Crippen LogP contribution in [0.4, 0.5) is 0 Å². The summed E-state index contributed by atoms with van der Waals surface area (Å²) >= 11 is 0. The highest BCUT2D eigenvalue weighted by Crippen LogP contribution is 2.23. The van der Waals surface area contributed by atoms with Crippen LogP contribution in [0.2, 0.25) is 0 Å². The van der Waals surface area contributed by atoms with Gasteiger partial charge in [0.25, 0.3) is 0 Å². The number of hydrogen-bond donors (Lipinski definition) is 1. The van der Waals surface area contributed by atoms with Crippen LogP contribution in [-0.4, -0.2) is 43.5 Å². The van der Waals surface area contributed by atoms with E-state index < -0.39 is 35.3 Å². The van der Waals surface area contributed by atoms with Crippen molar-refractivity contribution in [1.29, 1.82) is 0 Å². The molecule has 15 heavy (non-hydrogen) atoms. The van der Waals surface area contributed by atoms with E-state index in [2.05, 4.69) is 14.2 Å². The summed E-state index contributed by atoms with van der Waals surface area (Å²) in [6.07, 6.45) is -1.79. The number of aliphatic hydroxyl groups excluding tert-OH is 1. The number of carbonyl (C=O) groups excluding carboxylic acids is 3. The molecule has 0 saturated heterocycles. The molecule has 0 aromatic carbocycles. The van der Waals surface area contributed by atoms with Gasteiger partial charge in [-0.3, -0.25) is 0 Å². The van der Waals surface area contributed by atoms with Gasteiger partial charge < -0.3 is 19.3 Å². The third kappa shape index (κ3) is 1.82. The average Bonchev–Trinajstić information content (AvgIpc) is 2.51. The average molecular weight is 216 g/mol. The van der Waals surface area contributed by atoms with Gasteiger partial charge in [-0.25, -0.2) is 14.4 Å². The summed E-state index contributed by atoms with van der Waals surface area (Å²) in [6, 6.07) is 0. The molecule has 7 nitrogen and oxygen atoms in total. The standard InChI is InChI=1S/C8H8O7/c1-13-5(9)3-4(6(10)14-2)8(12)15-7(3)11/h7,11H,1-2H3/t7-/m1/s1. The quantitative estimate of drug-likeness (QED) is 0.341. The highest BCUT2D eigenvalue weighted by Gasteiger charge is 2.42. The first-order chi connectivity index (χ1) is 7.02. The highest BCUT2D eigenvalue weighted by molar-refractivity contribution is 6.21. The Labute approximate surface area is 84.2 Å². The van der Waals surface area contributed by atoms with Gasteiger partial charge in [0.2, 0.25) is 6.29 Å². The minimum atomic E-state index is -1.79. The molecule has 0 unspecified atom stereocenters. The number of rotatable bonds is 2. The number of aliphatic hydroxyl groups is 1. The van der Waals surface area contributed by atoms with E-state index in [0.717, 1.165) is 14.2 Å². The first-order valence-electron chi connectivity index (χ1n) is 3.82. The molecule has 1 heterocycles. The second kappa shape index (κ2) is 4.09. The van der Waals surface area contributed by atoms with Crippen LogP contribution in [0.25, 0.3) is 0 Å². The van der Waals surface area contributed by atoms with Crippen LogP contribution < -0.4 is 0 Å². The van der Waals surface area contributed by atoms with Crippen molar-refractivity contribution in [2.24, 2.45) is 0 Å². The summed E-state index contributed by atoms with van der Waals surface area (Å²) < 4.78 is 12.8. The maximum atomic E-state index is 11.1. The van der Waals surface area contributed by atoms with Crippen molar-refractivity contribution in [2.75, 3.05) is 14.2 Å². The van der Waals surface area contributed by atoms with Gasteiger partial charge in [0.1, 0.15) is 5.57 Å². The zero-order chi connectivity index (χ0) is 11.6. The number of hydrogen-bond acceptors (Lipinski definition) is 7. The molecule has 1 aliphatic rings. The molecule has 0 amide bonds. The molecular weight excluding hydrogens is 208 g/mol. The van der Waals surface area contributed by atoms with E-state index in [4.69, 9.17) is 5.11 Å². The third-order valence-corrected chi connectivity index (χ3v) is 1.73. The van der Waals surface area contributed by atoms with Crippen molar-refractivity contribution >= 4 is 17.9 Å². The summed E-state index contributed by atoms with van der Waals surface area (Å²) in [6.45, 7) is 0. The summed E-state index contributed by atoms with van der Waals surface area (Å²) in [5.41, 5.74) is -1.19. The van der Waals surface area contributed by atoms with E-state index in [1.165, 1.54) is 0 Å². The van der Waals surface area contributed by atoms with Gasteiger partial charge in [0, 0.05) is 0 Å². The summed E-state index contributed by atoms with van der Waals surface area (Å²) in [5.74, 6) is -3.19. The predicted octanol–water partition coefficient (Wildman–Crippen LogP) is -1.50. The Kier molecular flexibility index (Phi) is 3.05. The zero-order valence-corrected chi connectivity index (χ0v) is 7.97. The first-order valence-corrected chi connectivity index (χ1v) is 3.82. The second-order valence-corrected chi connectivity index (χ2v) is 2.53. The van der Waals surface area contributed by atoms with E-state index in [1.54, 1.807) is 0 Å². The normalized spacial score (nSPS) is 19.9. The Bertz CT molecular complexity index is 354. The molecular formula is C8H8O7. The van der Waals surface area contributed by atoms with Crippen LogP contribution in [0.1, 0.15) is 0 Å². The second-order valence-electron chi connectivity index (χ2n) is 2.53. The molecule has 0 aliphatic carbocycles. The van der Waals surface area contributed by atoms with Gasteiger partial charge in [-0.15, -0.1) is 0 Å². The molecule has 1 rings (SSSR count). The minimum absolute atomic E-state index is 0.547. The fourth-order valence-electron chi connectivity index (χ4n) is 1.06. The van der Waals surface area contributed by atoms with Crippen LogP contribution in [0.3, 0.4) is 0 Å². The molecule has 1 aliphatic heterocycles. The summed E-state index contributed by atoms with van der Waals surface area (Å²) in [4.78, 5) is 33.3. The van der Waals surface area contributed by atoms with Crippen molar-refractivity contribution in [3.63, 3.8) is 0 Å². The van der Waals surface area contributed by atoms with Gasteiger partial charge in [0.05, 0.1) is 14.2 Å². The van der Waals surface area contributed by atoms with Crippen LogP contribution in [0.15, 0.2) is 11.1 Å². The Balaban J connectivity index is 3.21. The van der Waals surface area contributed by atoms with Gasteiger partial charge >= 0.3 is 17.9 Å². The summed E-state index contributed by atoms with van der Waals surface area (Å²) in [5, 5.41) is 9.17.